The molecule has 1 heteroatoms. The molecule has 4 saturated carbocycles. The fourth-order valence-electron chi connectivity index (χ4n) is 8.12. The molecule has 0 spiro atoms. The highest BCUT2D eigenvalue weighted by Gasteiger charge is 2.56. The molecule has 0 bridgehead atoms. The second-order valence-electron chi connectivity index (χ2n) is 9.80. The third-order valence-corrected chi connectivity index (χ3v) is 9.15. The van der Waals surface area contributed by atoms with Gasteiger partial charge in [-0.05, 0) is 105 Å². The molecule has 0 aromatic rings. The van der Waals surface area contributed by atoms with E-state index in [0.717, 1.165) is 48.0 Å². The Hall–Kier alpha value is -0.0400. The number of ether oxygens (including phenoxy) is 1. The first-order valence-corrected chi connectivity index (χ1v) is 12.7. The Bertz CT molecular complexity index is 418. The summed E-state index contributed by atoms with van der Waals surface area (Å²) >= 11 is 0. The van der Waals surface area contributed by atoms with Gasteiger partial charge in [0.15, 0.2) is 0 Å². The van der Waals surface area contributed by atoms with Crippen molar-refractivity contribution in [2.75, 3.05) is 13.7 Å². The largest absolute Gasteiger partial charge is 0.384 e. The first-order valence-electron chi connectivity index (χ1n) is 12.7. The van der Waals surface area contributed by atoms with Crippen LogP contribution in [0.5, 0.6) is 0 Å². The Kier molecular flexibility index (Phi) is 9.17. The molecule has 1 nitrogen and oxygen atoms in total. The average Bonchev–Trinajstić information content (AvgIpc) is 3.07. The summed E-state index contributed by atoms with van der Waals surface area (Å²) in [7, 11) is 1.88. The third kappa shape index (κ3) is 4.44. The summed E-state index contributed by atoms with van der Waals surface area (Å²) in [6, 6.07) is 0. The lowest BCUT2D eigenvalue weighted by Crippen LogP contribution is -2.48. The van der Waals surface area contributed by atoms with Gasteiger partial charge in [-0.2, -0.15) is 0 Å². The summed E-state index contributed by atoms with van der Waals surface area (Å²) in [5, 5.41) is 0. The van der Waals surface area contributed by atoms with Crippen molar-refractivity contribution in [2.45, 2.75) is 106 Å². The number of hydrogen-bond acceptors (Lipinski definition) is 1. The number of methoxy groups -OCH3 is 1. The third-order valence-electron chi connectivity index (χ3n) is 9.15. The maximum absolute atomic E-state index is 5.46. The molecule has 4 fully saturated rings. The van der Waals surface area contributed by atoms with Crippen LogP contribution in [0.15, 0.2) is 0 Å². The predicted octanol–water partition coefficient (Wildman–Crippen LogP) is 7.98. The van der Waals surface area contributed by atoms with Crippen LogP contribution in [0, 0.1) is 46.8 Å². The summed E-state index contributed by atoms with van der Waals surface area (Å²) in [5.41, 5.74) is 0.704. The van der Waals surface area contributed by atoms with Gasteiger partial charge < -0.3 is 4.74 Å². The van der Waals surface area contributed by atoms with Crippen molar-refractivity contribution in [1.29, 1.82) is 0 Å². The van der Waals surface area contributed by atoms with Crippen LogP contribution in [0.25, 0.3) is 0 Å². The van der Waals surface area contributed by atoms with Gasteiger partial charge in [0, 0.05) is 13.7 Å². The molecule has 0 amide bonds. The van der Waals surface area contributed by atoms with Crippen LogP contribution < -0.4 is 0 Å². The van der Waals surface area contributed by atoms with E-state index in [9.17, 15) is 0 Å². The van der Waals surface area contributed by atoms with Gasteiger partial charge in [0.2, 0.25) is 0 Å². The minimum absolute atomic E-state index is 0.704. The smallest absolute Gasteiger partial charge is 0.0490 e. The molecular weight excluding hydrogens is 328 g/mol. The van der Waals surface area contributed by atoms with Gasteiger partial charge in [0.25, 0.3) is 0 Å². The first kappa shape index (κ1) is 23.2. The Morgan fingerprint density at radius 1 is 0.815 bits per heavy atom. The lowest BCUT2D eigenvalue weighted by molar-refractivity contribution is -0.0719. The summed E-state index contributed by atoms with van der Waals surface area (Å²) in [4.78, 5) is 0. The van der Waals surface area contributed by atoms with Gasteiger partial charge in [-0.25, -0.2) is 0 Å². The van der Waals surface area contributed by atoms with E-state index in [0.29, 0.717) is 5.41 Å². The fourth-order valence-corrected chi connectivity index (χ4v) is 8.12. The van der Waals surface area contributed by atoms with Crippen molar-refractivity contribution >= 4 is 0 Å². The minimum Gasteiger partial charge on any atom is -0.384 e. The highest BCUT2D eigenvalue weighted by molar-refractivity contribution is 5.05. The quantitative estimate of drug-likeness (QED) is 0.483. The normalized spacial score (nSPS) is 45.2. The Balaban J connectivity index is 0.000000614. The van der Waals surface area contributed by atoms with Gasteiger partial charge in [0.05, 0.1) is 0 Å². The predicted molar refractivity (Wildman–Crippen MR) is 119 cm³/mol. The highest BCUT2D eigenvalue weighted by Crippen LogP contribution is 2.64. The SMILES string of the molecule is CC.CC.CCC1CCC2C3CCC4CC(COC)CCC4C3CCC12C. The van der Waals surface area contributed by atoms with E-state index < -0.39 is 0 Å². The molecule has 8 unspecified atom stereocenters. The fraction of sp³-hybridized carbons (Fsp3) is 1.00. The molecule has 0 heterocycles. The molecule has 4 rings (SSSR count). The van der Waals surface area contributed by atoms with Gasteiger partial charge in [0.1, 0.15) is 0 Å². The Morgan fingerprint density at radius 2 is 1.52 bits per heavy atom. The van der Waals surface area contributed by atoms with Gasteiger partial charge in [-0.15, -0.1) is 0 Å². The summed E-state index contributed by atoms with van der Waals surface area (Å²) < 4.78 is 5.46. The van der Waals surface area contributed by atoms with Crippen molar-refractivity contribution in [3.05, 3.63) is 0 Å². The van der Waals surface area contributed by atoms with Crippen molar-refractivity contribution in [1.82, 2.24) is 0 Å². The molecule has 0 aromatic carbocycles. The molecule has 0 saturated heterocycles. The zero-order valence-corrected chi connectivity index (χ0v) is 19.7. The molecule has 4 aliphatic carbocycles. The van der Waals surface area contributed by atoms with Crippen LogP contribution >= 0.6 is 0 Å². The van der Waals surface area contributed by atoms with Gasteiger partial charge in [-0.1, -0.05) is 48.0 Å². The molecule has 0 N–H and O–H groups in total. The topological polar surface area (TPSA) is 9.23 Å². The monoisotopic (exact) mass is 378 g/mol. The standard InChI is InChI=1S/C22H38O.2C2H6/c1-4-17-7-10-21-20-9-6-16-13-15(14-23-3)5-8-18(16)19(20)11-12-22(17,21)2;2*1-2/h15-21H,4-14H2,1-3H3;2*1-2H3. The second kappa shape index (κ2) is 10.7. The van der Waals surface area contributed by atoms with E-state index in [2.05, 4.69) is 13.8 Å². The lowest BCUT2D eigenvalue weighted by atomic mass is 9.49. The van der Waals surface area contributed by atoms with Crippen molar-refractivity contribution < 1.29 is 4.74 Å². The minimum atomic E-state index is 0.704. The zero-order chi connectivity index (χ0) is 20.0. The molecule has 160 valence electrons. The van der Waals surface area contributed by atoms with Gasteiger partial charge >= 0.3 is 0 Å². The summed E-state index contributed by atoms with van der Waals surface area (Å²) in [6.45, 7) is 14.1. The van der Waals surface area contributed by atoms with Crippen LogP contribution in [-0.2, 0) is 4.74 Å². The maximum Gasteiger partial charge on any atom is 0.0490 e. The summed E-state index contributed by atoms with van der Waals surface area (Å²) in [5.74, 6) is 7.26. The molecular formula is C26H50O. The molecule has 0 radical (unpaired) electrons. The zero-order valence-electron chi connectivity index (χ0n) is 19.7. The van der Waals surface area contributed by atoms with E-state index in [1.165, 1.54) is 38.5 Å². The van der Waals surface area contributed by atoms with E-state index in [-0.39, 0.29) is 0 Å². The average molecular weight is 379 g/mol. The lowest BCUT2D eigenvalue weighted by Gasteiger charge is -2.56. The van der Waals surface area contributed by atoms with E-state index in [1.54, 1.807) is 25.7 Å². The second-order valence-corrected chi connectivity index (χ2v) is 9.80. The van der Waals surface area contributed by atoms with E-state index in [1.807, 2.05) is 34.8 Å². The molecule has 0 aromatic heterocycles. The van der Waals surface area contributed by atoms with E-state index in [4.69, 9.17) is 4.74 Å². The van der Waals surface area contributed by atoms with E-state index >= 15 is 0 Å². The molecule has 0 aliphatic heterocycles. The Labute approximate surface area is 171 Å². The maximum atomic E-state index is 5.46. The van der Waals surface area contributed by atoms with Crippen molar-refractivity contribution in [3.8, 4) is 0 Å². The van der Waals surface area contributed by atoms with Gasteiger partial charge in [-0.3, -0.25) is 0 Å². The Morgan fingerprint density at radius 3 is 2.19 bits per heavy atom. The molecule has 8 atom stereocenters. The number of rotatable bonds is 3. The molecule has 4 aliphatic rings. The first-order chi connectivity index (χ1) is 13.2. The number of hydrogen-bond donors (Lipinski definition) is 0. The van der Waals surface area contributed by atoms with Crippen LogP contribution in [0.3, 0.4) is 0 Å². The van der Waals surface area contributed by atoms with Crippen LogP contribution in [0.4, 0.5) is 0 Å². The van der Waals surface area contributed by atoms with Crippen LogP contribution in [0.2, 0.25) is 0 Å². The number of fused-ring (bicyclic) bond motifs is 5. The van der Waals surface area contributed by atoms with Crippen molar-refractivity contribution in [3.63, 3.8) is 0 Å². The van der Waals surface area contributed by atoms with Crippen LogP contribution in [0.1, 0.15) is 106 Å². The summed E-state index contributed by atoms with van der Waals surface area (Å²) in [6.07, 6.45) is 15.1. The molecule has 27 heavy (non-hydrogen) atoms. The van der Waals surface area contributed by atoms with Crippen molar-refractivity contribution in [2.24, 2.45) is 46.8 Å². The van der Waals surface area contributed by atoms with Crippen LogP contribution in [-0.4, -0.2) is 13.7 Å². The highest BCUT2D eigenvalue weighted by atomic mass is 16.5.